The Hall–Kier alpha value is -1.65. The Bertz CT molecular complexity index is 714. The van der Waals surface area contributed by atoms with E-state index in [2.05, 4.69) is 25.2 Å². The number of hydrogen-bond acceptors (Lipinski definition) is 4. The predicted molar refractivity (Wildman–Crippen MR) is 79.5 cm³/mol. The first-order valence-corrected chi connectivity index (χ1v) is 7.13. The maximum Gasteiger partial charge on any atom is 0.134 e. The third-order valence-corrected chi connectivity index (χ3v) is 4.74. The minimum atomic E-state index is 0.324. The van der Waals surface area contributed by atoms with Crippen LogP contribution in [0.5, 0.6) is 0 Å². The molecule has 0 aliphatic heterocycles. The Balaban J connectivity index is 2.12. The van der Waals surface area contributed by atoms with E-state index >= 15 is 0 Å². The molecule has 98 valence electrons. The van der Waals surface area contributed by atoms with E-state index in [0.29, 0.717) is 6.04 Å². The molecule has 3 nitrogen and oxygen atoms in total. The largest absolute Gasteiger partial charge is 0.464 e. The highest BCUT2D eigenvalue weighted by Crippen LogP contribution is 2.36. The summed E-state index contributed by atoms with van der Waals surface area (Å²) in [4.78, 5) is 5.97. The third kappa shape index (κ3) is 2.07. The van der Waals surface area contributed by atoms with Crippen LogP contribution in [-0.2, 0) is 0 Å². The van der Waals surface area contributed by atoms with Crippen molar-refractivity contribution >= 4 is 22.3 Å². The fraction of sp³-hybridized carbons (Fsp3) is 0.267. The number of benzene rings is 1. The maximum atomic E-state index is 5.59. The van der Waals surface area contributed by atoms with Crippen LogP contribution in [0.25, 0.3) is 21.5 Å². The second-order valence-electron chi connectivity index (χ2n) is 4.62. The Morgan fingerprint density at radius 3 is 2.89 bits per heavy atom. The van der Waals surface area contributed by atoms with Gasteiger partial charge in [-0.15, -0.1) is 11.3 Å². The molecule has 1 aromatic carbocycles. The molecule has 3 rings (SSSR count). The number of rotatable bonds is 3. The number of hydrogen-bond donors (Lipinski definition) is 1. The summed E-state index contributed by atoms with van der Waals surface area (Å²) in [6, 6.07) is 8.39. The predicted octanol–water partition coefficient (Wildman–Crippen LogP) is 4.15. The first-order chi connectivity index (χ1) is 9.20. The smallest absolute Gasteiger partial charge is 0.134 e. The van der Waals surface area contributed by atoms with Crippen LogP contribution < -0.4 is 5.32 Å². The van der Waals surface area contributed by atoms with Crippen molar-refractivity contribution in [1.82, 2.24) is 10.3 Å². The molecule has 0 aliphatic rings. The lowest BCUT2D eigenvalue weighted by atomic mass is 10.2. The van der Waals surface area contributed by atoms with Crippen molar-refractivity contribution in [3.05, 3.63) is 41.1 Å². The van der Waals surface area contributed by atoms with Crippen LogP contribution in [0.4, 0.5) is 0 Å². The van der Waals surface area contributed by atoms with Gasteiger partial charge < -0.3 is 9.73 Å². The number of aryl methyl sites for hydroxylation is 1. The van der Waals surface area contributed by atoms with Gasteiger partial charge in [0.25, 0.3) is 0 Å². The van der Waals surface area contributed by atoms with E-state index in [9.17, 15) is 0 Å². The first-order valence-electron chi connectivity index (χ1n) is 6.32. The second kappa shape index (κ2) is 4.79. The van der Waals surface area contributed by atoms with Gasteiger partial charge in [0, 0.05) is 16.3 Å². The molecule has 0 amide bonds. The van der Waals surface area contributed by atoms with Crippen molar-refractivity contribution < 1.29 is 4.42 Å². The highest BCUT2D eigenvalue weighted by atomic mass is 32.1. The van der Waals surface area contributed by atoms with E-state index in [0.717, 1.165) is 27.2 Å². The molecule has 19 heavy (non-hydrogen) atoms. The minimum Gasteiger partial charge on any atom is -0.464 e. The summed E-state index contributed by atoms with van der Waals surface area (Å²) in [7, 11) is 1.97. The van der Waals surface area contributed by atoms with Crippen LogP contribution >= 0.6 is 11.3 Å². The average Bonchev–Trinajstić information content (AvgIpc) is 3.01. The minimum absolute atomic E-state index is 0.324. The number of para-hydroxylation sites is 1. The van der Waals surface area contributed by atoms with Gasteiger partial charge >= 0.3 is 0 Å². The summed E-state index contributed by atoms with van der Waals surface area (Å²) < 4.78 is 5.59. The molecule has 2 heterocycles. The molecular formula is C15H16N2OS. The normalized spacial score (nSPS) is 13.0. The Kier molecular flexibility index (Phi) is 3.12. The summed E-state index contributed by atoms with van der Waals surface area (Å²) in [6.45, 7) is 4.21. The number of furan rings is 1. The zero-order chi connectivity index (χ0) is 13.4. The van der Waals surface area contributed by atoms with E-state index in [1.54, 1.807) is 17.6 Å². The van der Waals surface area contributed by atoms with Crippen LogP contribution in [0.3, 0.4) is 0 Å². The van der Waals surface area contributed by atoms with Gasteiger partial charge in [-0.25, -0.2) is 4.98 Å². The average molecular weight is 272 g/mol. The van der Waals surface area contributed by atoms with Crippen LogP contribution in [0.1, 0.15) is 23.5 Å². The lowest BCUT2D eigenvalue weighted by Gasteiger charge is -2.06. The van der Waals surface area contributed by atoms with Crippen LogP contribution in [0.2, 0.25) is 0 Å². The van der Waals surface area contributed by atoms with Crippen molar-refractivity contribution in [2.24, 2.45) is 0 Å². The van der Waals surface area contributed by atoms with Crippen LogP contribution in [0, 0.1) is 6.92 Å². The van der Waals surface area contributed by atoms with Gasteiger partial charge in [-0.3, -0.25) is 0 Å². The molecule has 0 radical (unpaired) electrons. The lowest BCUT2D eigenvalue weighted by molar-refractivity contribution is 0.617. The van der Waals surface area contributed by atoms with Gasteiger partial charge in [-0.05, 0) is 27.0 Å². The fourth-order valence-corrected chi connectivity index (χ4v) is 3.35. The van der Waals surface area contributed by atoms with Gasteiger partial charge in [0.05, 0.1) is 11.3 Å². The summed E-state index contributed by atoms with van der Waals surface area (Å²) in [5.74, 6) is 0. The van der Waals surface area contributed by atoms with Gasteiger partial charge in [0.1, 0.15) is 16.9 Å². The van der Waals surface area contributed by atoms with E-state index in [4.69, 9.17) is 9.40 Å². The molecule has 1 N–H and O–H groups in total. The molecule has 3 aromatic rings. The third-order valence-electron chi connectivity index (χ3n) is 3.37. The van der Waals surface area contributed by atoms with Gasteiger partial charge in [-0.1, -0.05) is 18.2 Å². The van der Waals surface area contributed by atoms with E-state index in [-0.39, 0.29) is 0 Å². The van der Waals surface area contributed by atoms with Gasteiger partial charge in [-0.2, -0.15) is 0 Å². The zero-order valence-electron chi connectivity index (χ0n) is 11.2. The molecule has 0 saturated heterocycles. The SMILES string of the molecule is CNC(C)c1sc(-c2coc3ccccc23)nc1C. The molecule has 0 aliphatic carbocycles. The number of nitrogens with one attached hydrogen (secondary N) is 1. The molecule has 0 bridgehead atoms. The van der Waals surface area contributed by atoms with Crippen molar-refractivity contribution in [3.8, 4) is 10.6 Å². The van der Waals surface area contributed by atoms with Crippen molar-refractivity contribution in [3.63, 3.8) is 0 Å². The van der Waals surface area contributed by atoms with Gasteiger partial charge in [0.2, 0.25) is 0 Å². The Morgan fingerprint density at radius 2 is 2.11 bits per heavy atom. The van der Waals surface area contributed by atoms with E-state index in [1.807, 2.05) is 25.2 Å². The number of fused-ring (bicyclic) bond motifs is 1. The fourth-order valence-electron chi connectivity index (χ4n) is 2.20. The number of thiazole rings is 1. The number of aromatic nitrogens is 1. The standard InChI is InChI=1S/C15H16N2OS/c1-9(16-3)14-10(2)17-15(19-14)12-8-18-13-7-5-4-6-11(12)13/h4-9,16H,1-3H3. The van der Waals surface area contributed by atoms with Crippen molar-refractivity contribution in [1.29, 1.82) is 0 Å². The quantitative estimate of drug-likeness (QED) is 0.778. The lowest BCUT2D eigenvalue weighted by Crippen LogP contribution is -2.11. The maximum absolute atomic E-state index is 5.59. The molecule has 1 unspecified atom stereocenters. The Labute approximate surface area is 116 Å². The molecule has 1 atom stereocenters. The van der Waals surface area contributed by atoms with Crippen molar-refractivity contribution in [2.45, 2.75) is 19.9 Å². The first kappa shape index (κ1) is 12.4. The molecule has 0 fully saturated rings. The molecule has 0 saturated carbocycles. The molecular weight excluding hydrogens is 256 g/mol. The molecule has 0 spiro atoms. The second-order valence-corrected chi connectivity index (χ2v) is 5.66. The highest BCUT2D eigenvalue weighted by Gasteiger charge is 2.16. The van der Waals surface area contributed by atoms with Crippen LogP contribution in [0.15, 0.2) is 34.9 Å². The Morgan fingerprint density at radius 1 is 1.32 bits per heavy atom. The van der Waals surface area contributed by atoms with E-state index in [1.165, 1.54) is 4.88 Å². The summed E-state index contributed by atoms with van der Waals surface area (Å²) in [5.41, 5.74) is 3.08. The van der Waals surface area contributed by atoms with Gasteiger partial charge in [0.15, 0.2) is 0 Å². The molecule has 2 aromatic heterocycles. The summed E-state index contributed by atoms with van der Waals surface area (Å²) in [5, 5.41) is 5.42. The highest BCUT2D eigenvalue weighted by molar-refractivity contribution is 7.15. The summed E-state index contributed by atoms with van der Waals surface area (Å²) in [6.07, 6.45) is 1.80. The molecule has 4 heteroatoms. The number of nitrogens with zero attached hydrogens (tertiary/aromatic N) is 1. The zero-order valence-corrected chi connectivity index (χ0v) is 12.0. The summed E-state index contributed by atoms with van der Waals surface area (Å²) >= 11 is 1.73. The van der Waals surface area contributed by atoms with Crippen molar-refractivity contribution in [2.75, 3.05) is 7.05 Å². The topological polar surface area (TPSA) is 38.1 Å². The van der Waals surface area contributed by atoms with E-state index < -0.39 is 0 Å². The monoisotopic (exact) mass is 272 g/mol. The van der Waals surface area contributed by atoms with Crippen LogP contribution in [-0.4, -0.2) is 12.0 Å².